The predicted octanol–water partition coefficient (Wildman–Crippen LogP) is 3.91. The molecule has 140 valence electrons. The second-order valence-electron chi connectivity index (χ2n) is 5.88. The first-order chi connectivity index (χ1) is 13.0. The van der Waals surface area contributed by atoms with Gasteiger partial charge in [0.1, 0.15) is 16.4 Å². The van der Waals surface area contributed by atoms with Gasteiger partial charge in [-0.2, -0.15) is 0 Å². The highest BCUT2D eigenvalue weighted by atomic mass is 32.1. The van der Waals surface area contributed by atoms with Crippen molar-refractivity contribution in [3.8, 4) is 5.75 Å². The molecular weight excluding hydrogens is 369 g/mol. The van der Waals surface area contributed by atoms with E-state index in [2.05, 4.69) is 5.32 Å². The highest BCUT2D eigenvalue weighted by Gasteiger charge is 2.20. The van der Waals surface area contributed by atoms with Gasteiger partial charge in [0.05, 0.1) is 7.11 Å². The number of halogens is 1. The van der Waals surface area contributed by atoms with Crippen molar-refractivity contribution in [3.05, 3.63) is 64.8 Å². The minimum atomic E-state index is -0.967. The monoisotopic (exact) mass is 387 g/mol. The van der Waals surface area contributed by atoms with Crippen LogP contribution in [0.5, 0.6) is 5.75 Å². The maximum absolute atomic E-state index is 13.7. The number of benzene rings is 2. The largest absolute Gasteiger partial charge is 0.497 e. The molecule has 0 saturated carbocycles. The van der Waals surface area contributed by atoms with Gasteiger partial charge in [0.15, 0.2) is 6.10 Å². The fourth-order valence-electron chi connectivity index (χ4n) is 2.47. The molecule has 0 radical (unpaired) electrons. The molecular formula is C20H18FNO4S. The van der Waals surface area contributed by atoms with Crippen LogP contribution < -0.4 is 10.1 Å². The third-order valence-corrected chi connectivity index (χ3v) is 5.07. The molecule has 1 N–H and O–H groups in total. The minimum Gasteiger partial charge on any atom is -0.497 e. The number of rotatable bonds is 6. The number of carbonyl (C=O) groups excluding carboxylic acids is 2. The van der Waals surface area contributed by atoms with E-state index in [0.717, 1.165) is 22.6 Å². The fourth-order valence-corrected chi connectivity index (χ4v) is 3.43. The lowest BCUT2D eigenvalue weighted by Crippen LogP contribution is -2.35. The highest BCUT2D eigenvalue weighted by molar-refractivity contribution is 7.20. The normalized spacial score (nSPS) is 11.8. The first-order valence-electron chi connectivity index (χ1n) is 8.27. The van der Waals surface area contributed by atoms with Crippen molar-refractivity contribution >= 4 is 33.3 Å². The zero-order chi connectivity index (χ0) is 19.4. The van der Waals surface area contributed by atoms with Crippen molar-refractivity contribution in [2.75, 3.05) is 7.11 Å². The number of hydrogen-bond acceptors (Lipinski definition) is 5. The highest BCUT2D eigenvalue weighted by Crippen LogP contribution is 2.28. The number of esters is 1. The van der Waals surface area contributed by atoms with Crippen molar-refractivity contribution in [2.45, 2.75) is 19.6 Å². The van der Waals surface area contributed by atoms with E-state index in [0.29, 0.717) is 16.6 Å². The molecule has 0 spiro atoms. The summed E-state index contributed by atoms with van der Waals surface area (Å²) in [5, 5.41) is 3.08. The van der Waals surface area contributed by atoms with Crippen LogP contribution in [0.2, 0.25) is 0 Å². The zero-order valence-corrected chi connectivity index (χ0v) is 15.6. The van der Waals surface area contributed by atoms with Crippen molar-refractivity contribution in [3.63, 3.8) is 0 Å². The Morgan fingerprint density at radius 1 is 1.19 bits per heavy atom. The summed E-state index contributed by atoms with van der Waals surface area (Å²) < 4.78 is 24.7. The second kappa shape index (κ2) is 8.18. The summed E-state index contributed by atoms with van der Waals surface area (Å²) in [6.45, 7) is 1.80. The summed E-state index contributed by atoms with van der Waals surface area (Å²) in [5.74, 6) is -0.727. The number of ether oxygens (including phenoxy) is 2. The fraction of sp³-hybridized carbons (Fsp3) is 0.200. The molecule has 0 aliphatic rings. The Kier molecular flexibility index (Phi) is 5.71. The van der Waals surface area contributed by atoms with Crippen molar-refractivity contribution in [1.29, 1.82) is 0 Å². The lowest BCUT2D eigenvalue weighted by Gasteiger charge is -2.13. The summed E-state index contributed by atoms with van der Waals surface area (Å²) in [6.07, 6.45) is -0.967. The van der Waals surface area contributed by atoms with E-state index in [1.807, 2.05) is 12.1 Å². The maximum Gasteiger partial charge on any atom is 0.349 e. The van der Waals surface area contributed by atoms with E-state index in [-0.39, 0.29) is 4.88 Å². The molecule has 1 heterocycles. The van der Waals surface area contributed by atoms with E-state index in [1.54, 1.807) is 31.4 Å². The predicted molar refractivity (Wildman–Crippen MR) is 102 cm³/mol. The van der Waals surface area contributed by atoms with Gasteiger partial charge < -0.3 is 14.8 Å². The van der Waals surface area contributed by atoms with E-state index in [9.17, 15) is 14.0 Å². The van der Waals surface area contributed by atoms with Crippen LogP contribution in [0.4, 0.5) is 4.39 Å². The molecule has 5 nitrogen and oxygen atoms in total. The zero-order valence-electron chi connectivity index (χ0n) is 14.8. The first-order valence-corrected chi connectivity index (χ1v) is 9.09. The van der Waals surface area contributed by atoms with Crippen LogP contribution in [-0.4, -0.2) is 25.1 Å². The molecule has 1 atom stereocenters. The van der Waals surface area contributed by atoms with Gasteiger partial charge in [-0.05, 0) is 42.8 Å². The number of fused-ring (bicyclic) bond motifs is 1. The van der Waals surface area contributed by atoms with Gasteiger partial charge in [0, 0.05) is 16.6 Å². The maximum atomic E-state index is 13.7. The second-order valence-corrected chi connectivity index (χ2v) is 6.96. The van der Waals surface area contributed by atoms with Crippen molar-refractivity contribution in [2.24, 2.45) is 0 Å². The van der Waals surface area contributed by atoms with Crippen LogP contribution in [0.15, 0.2) is 48.5 Å². The molecule has 0 unspecified atom stereocenters. The van der Waals surface area contributed by atoms with Crippen LogP contribution in [0, 0.1) is 5.82 Å². The van der Waals surface area contributed by atoms with Gasteiger partial charge in [-0.25, -0.2) is 9.18 Å². The minimum absolute atomic E-state index is 0.255. The third-order valence-electron chi connectivity index (χ3n) is 3.99. The molecule has 3 rings (SSSR count). The van der Waals surface area contributed by atoms with Crippen LogP contribution in [-0.2, 0) is 16.1 Å². The van der Waals surface area contributed by atoms with Gasteiger partial charge in [-0.3, -0.25) is 4.79 Å². The SMILES string of the molecule is COc1ccc(CNC(=O)[C@H](C)OC(=O)c2cc3c(F)cccc3s2)cc1. The number of amides is 1. The Labute approximate surface area is 159 Å². The standard InChI is InChI=1S/C20H18FNO4S/c1-12(19(23)22-11-13-6-8-14(25-2)9-7-13)26-20(24)18-10-15-16(21)4-3-5-17(15)27-18/h3-10,12H,11H2,1-2H3,(H,22,23)/t12-/m0/s1. The lowest BCUT2D eigenvalue weighted by molar-refractivity contribution is -0.129. The van der Waals surface area contributed by atoms with Crippen LogP contribution >= 0.6 is 11.3 Å². The topological polar surface area (TPSA) is 64.6 Å². The van der Waals surface area contributed by atoms with Gasteiger partial charge in [0.2, 0.25) is 0 Å². The average molecular weight is 387 g/mol. The van der Waals surface area contributed by atoms with E-state index < -0.39 is 23.8 Å². The van der Waals surface area contributed by atoms with Crippen LogP contribution in [0.3, 0.4) is 0 Å². The Balaban J connectivity index is 1.57. The Morgan fingerprint density at radius 3 is 2.59 bits per heavy atom. The molecule has 0 aliphatic carbocycles. The number of hydrogen-bond donors (Lipinski definition) is 1. The molecule has 0 bridgehead atoms. The summed E-state index contributed by atoms with van der Waals surface area (Å²) in [5.41, 5.74) is 0.891. The molecule has 27 heavy (non-hydrogen) atoms. The van der Waals surface area contributed by atoms with Gasteiger partial charge in [-0.15, -0.1) is 11.3 Å². The Bertz CT molecular complexity index is 968. The molecule has 3 aromatic rings. The Hall–Kier alpha value is -2.93. The van der Waals surface area contributed by atoms with E-state index in [1.165, 1.54) is 19.1 Å². The van der Waals surface area contributed by atoms with Gasteiger partial charge in [0.25, 0.3) is 5.91 Å². The van der Waals surface area contributed by atoms with Gasteiger partial charge in [-0.1, -0.05) is 18.2 Å². The van der Waals surface area contributed by atoms with E-state index >= 15 is 0 Å². The van der Waals surface area contributed by atoms with Crippen molar-refractivity contribution in [1.82, 2.24) is 5.32 Å². The smallest absolute Gasteiger partial charge is 0.349 e. The molecule has 1 amide bonds. The number of nitrogens with one attached hydrogen (secondary N) is 1. The third kappa shape index (κ3) is 4.43. The Morgan fingerprint density at radius 2 is 1.93 bits per heavy atom. The van der Waals surface area contributed by atoms with E-state index in [4.69, 9.17) is 9.47 Å². The van der Waals surface area contributed by atoms with Gasteiger partial charge >= 0.3 is 5.97 Å². The summed E-state index contributed by atoms with van der Waals surface area (Å²) in [6, 6.07) is 13.3. The molecule has 7 heteroatoms. The molecule has 0 fully saturated rings. The molecule has 1 aromatic heterocycles. The number of thiophene rings is 1. The molecule has 0 aliphatic heterocycles. The number of carbonyl (C=O) groups is 2. The number of methoxy groups -OCH3 is 1. The lowest BCUT2D eigenvalue weighted by atomic mass is 10.2. The summed E-state index contributed by atoms with van der Waals surface area (Å²) in [7, 11) is 1.58. The summed E-state index contributed by atoms with van der Waals surface area (Å²) in [4.78, 5) is 24.7. The van der Waals surface area contributed by atoms with Crippen LogP contribution in [0.25, 0.3) is 10.1 Å². The van der Waals surface area contributed by atoms with Crippen LogP contribution in [0.1, 0.15) is 22.2 Å². The van der Waals surface area contributed by atoms with Crippen molar-refractivity contribution < 1.29 is 23.5 Å². The summed E-state index contributed by atoms with van der Waals surface area (Å²) >= 11 is 1.13. The average Bonchev–Trinajstić information content (AvgIpc) is 3.12. The molecule has 2 aromatic carbocycles. The molecule has 0 saturated heterocycles. The first kappa shape index (κ1) is 18.8. The quantitative estimate of drug-likeness (QED) is 0.652.